The van der Waals surface area contributed by atoms with Gasteiger partial charge in [-0.1, -0.05) is 6.07 Å². The first-order valence-electron chi connectivity index (χ1n) is 2.91. The summed E-state index contributed by atoms with van der Waals surface area (Å²) in [6.07, 6.45) is -4.64. The van der Waals surface area contributed by atoms with Crippen LogP contribution in [0, 0.1) is 9.64 Å². The van der Waals surface area contributed by atoms with E-state index in [-0.39, 0.29) is 5.75 Å². The number of ether oxygens (including phenoxy) is 1. The molecule has 0 heterocycles. The molecular formula is C7H3F3IO. The van der Waals surface area contributed by atoms with Gasteiger partial charge in [0.2, 0.25) is 0 Å². The van der Waals surface area contributed by atoms with E-state index in [1.165, 1.54) is 12.1 Å². The van der Waals surface area contributed by atoms with Crippen LogP contribution in [-0.4, -0.2) is 6.36 Å². The maximum absolute atomic E-state index is 11.6. The topological polar surface area (TPSA) is 9.23 Å². The van der Waals surface area contributed by atoms with Crippen LogP contribution in [0.15, 0.2) is 18.2 Å². The molecule has 0 fully saturated rings. The fourth-order valence-corrected chi connectivity index (χ4v) is 1.08. The van der Waals surface area contributed by atoms with Crippen molar-refractivity contribution in [1.29, 1.82) is 0 Å². The summed E-state index contributed by atoms with van der Waals surface area (Å²) in [7, 11) is 0. The van der Waals surface area contributed by atoms with E-state index in [0.29, 0.717) is 3.57 Å². The molecule has 0 saturated heterocycles. The minimum Gasteiger partial charge on any atom is -0.405 e. The molecule has 12 heavy (non-hydrogen) atoms. The Morgan fingerprint density at radius 2 is 2.00 bits per heavy atom. The molecule has 1 nitrogen and oxygen atoms in total. The largest absolute Gasteiger partial charge is 0.573 e. The maximum atomic E-state index is 11.6. The van der Waals surface area contributed by atoms with Crippen molar-refractivity contribution in [2.75, 3.05) is 0 Å². The highest BCUT2D eigenvalue weighted by Crippen LogP contribution is 2.22. The first kappa shape index (κ1) is 9.63. The van der Waals surface area contributed by atoms with Gasteiger partial charge in [0.25, 0.3) is 0 Å². The fraction of sp³-hybridized carbons (Fsp3) is 0.143. The number of rotatable bonds is 1. The van der Waals surface area contributed by atoms with Gasteiger partial charge < -0.3 is 4.74 Å². The van der Waals surface area contributed by atoms with E-state index in [9.17, 15) is 13.2 Å². The fourth-order valence-electron chi connectivity index (χ4n) is 0.605. The van der Waals surface area contributed by atoms with Crippen LogP contribution in [0.1, 0.15) is 0 Å². The minimum absolute atomic E-state index is 0.311. The van der Waals surface area contributed by atoms with Gasteiger partial charge in [-0.05, 0) is 34.7 Å². The smallest absolute Gasteiger partial charge is 0.405 e. The number of hydrogen-bond donors (Lipinski definition) is 0. The van der Waals surface area contributed by atoms with Crippen molar-refractivity contribution in [3.63, 3.8) is 0 Å². The summed E-state index contributed by atoms with van der Waals surface area (Å²) in [5, 5.41) is 0. The van der Waals surface area contributed by atoms with Crippen molar-refractivity contribution in [3.8, 4) is 5.75 Å². The number of halogens is 4. The summed E-state index contributed by atoms with van der Waals surface area (Å²) >= 11 is 1.85. The van der Waals surface area contributed by atoms with Crippen LogP contribution < -0.4 is 4.74 Å². The van der Waals surface area contributed by atoms with E-state index in [4.69, 9.17) is 0 Å². The van der Waals surface area contributed by atoms with Crippen LogP contribution in [0.4, 0.5) is 13.2 Å². The van der Waals surface area contributed by atoms with Crippen molar-refractivity contribution >= 4 is 22.6 Å². The van der Waals surface area contributed by atoms with Crippen molar-refractivity contribution < 1.29 is 17.9 Å². The highest BCUT2D eigenvalue weighted by atomic mass is 127. The molecule has 0 aliphatic rings. The van der Waals surface area contributed by atoms with Crippen molar-refractivity contribution in [3.05, 3.63) is 27.8 Å². The Bertz CT molecular complexity index is 272. The van der Waals surface area contributed by atoms with Crippen LogP contribution in [-0.2, 0) is 0 Å². The monoisotopic (exact) mass is 287 g/mol. The molecule has 0 atom stereocenters. The third-order valence-electron chi connectivity index (χ3n) is 0.958. The molecule has 0 amide bonds. The Morgan fingerprint density at radius 1 is 1.33 bits per heavy atom. The number of alkyl halides is 3. The molecule has 1 radical (unpaired) electrons. The van der Waals surface area contributed by atoms with Crippen LogP contribution in [0.25, 0.3) is 0 Å². The SMILES string of the molecule is FC(F)(F)Oc1[c]c(I)ccc1. The predicted molar refractivity (Wildman–Crippen MR) is 44.7 cm³/mol. The third-order valence-corrected chi connectivity index (χ3v) is 1.59. The molecule has 1 rings (SSSR count). The summed E-state index contributed by atoms with van der Waals surface area (Å²) in [5.74, 6) is -0.311. The lowest BCUT2D eigenvalue weighted by Crippen LogP contribution is -2.17. The van der Waals surface area contributed by atoms with E-state index < -0.39 is 6.36 Å². The van der Waals surface area contributed by atoms with Gasteiger partial charge >= 0.3 is 6.36 Å². The second kappa shape index (κ2) is 3.51. The maximum Gasteiger partial charge on any atom is 0.573 e. The van der Waals surface area contributed by atoms with E-state index in [1.807, 2.05) is 22.6 Å². The molecular weight excluding hydrogens is 284 g/mol. The van der Waals surface area contributed by atoms with Crippen LogP contribution in [0.5, 0.6) is 5.75 Å². The van der Waals surface area contributed by atoms with Gasteiger partial charge in [0, 0.05) is 9.64 Å². The van der Waals surface area contributed by atoms with Gasteiger partial charge in [-0.2, -0.15) is 0 Å². The molecule has 0 saturated carbocycles. The summed E-state index contributed by atoms with van der Waals surface area (Å²) in [4.78, 5) is 0. The Hall–Kier alpha value is -0.460. The Labute approximate surface area is 80.7 Å². The molecule has 5 heteroatoms. The predicted octanol–water partition coefficient (Wildman–Crippen LogP) is 2.99. The average molecular weight is 287 g/mol. The summed E-state index contributed by atoms with van der Waals surface area (Å²) < 4.78 is 39.1. The van der Waals surface area contributed by atoms with Crippen molar-refractivity contribution in [2.45, 2.75) is 6.36 Å². The highest BCUT2D eigenvalue weighted by Gasteiger charge is 2.31. The quantitative estimate of drug-likeness (QED) is 0.721. The minimum atomic E-state index is -4.64. The van der Waals surface area contributed by atoms with Gasteiger partial charge in [0.1, 0.15) is 5.75 Å². The lowest BCUT2D eigenvalue weighted by Gasteiger charge is -2.07. The summed E-state index contributed by atoms with van der Waals surface area (Å²) in [6, 6.07) is 6.71. The zero-order valence-electron chi connectivity index (χ0n) is 5.65. The molecule has 1 aromatic rings. The van der Waals surface area contributed by atoms with Crippen molar-refractivity contribution in [1.82, 2.24) is 0 Å². The number of benzene rings is 1. The van der Waals surface area contributed by atoms with Gasteiger partial charge in [-0.3, -0.25) is 0 Å². The van der Waals surface area contributed by atoms with Crippen LogP contribution in [0.2, 0.25) is 0 Å². The Kier molecular flexibility index (Phi) is 2.81. The lowest BCUT2D eigenvalue weighted by atomic mass is 10.3. The molecule has 65 valence electrons. The molecule has 0 N–H and O–H groups in total. The van der Waals surface area contributed by atoms with E-state index in [1.54, 1.807) is 6.07 Å². The van der Waals surface area contributed by atoms with E-state index in [2.05, 4.69) is 10.8 Å². The van der Waals surface area contributed by atoms with E-state index >= 15 is 0 Å². The Balaban J connectivity index is 2.77. The van der Waals surface area contributed by atoms with Crippen molar-refractivity contribution in [2.24, 2.45) is 0 Å². The normalized spacial score (nSPS) is 11.3. The number of hydrogen-bond acceptors (Lipinski definition) is 1. The van der Waals surface area contributed by atoms with Crippen LogP contribution in [0.3, 0.4) is 0 Å². The first-order valence-corrected chi connectivity index (χ1v) is 3.99. The lowest BCUT2D eigenvalue weighted by molar-refractivity contribution is -0.274. The molecule has 0 bridgehead atoms. The summed E-state index contributed by atoms with van der Waals surface area (Å²) in [6.45, 7) is 0. The Morgan fingerprint density at radius 3 is 2.50 bits per heavy atom. The third kappa shape index (κ3) is 3.29. The zero-order valence-corrected chi connectivity index (χ0v) is 7.81. The van der Waals surface area contributed by atoms with E-state index in [0.717, 1.165) is 0 Å². The average Bonchev–Trinajstić information content (AvgIpc) is 1.82. The summed E-state index contributed by atoms with van der Waals surface area (Å²) in [5.41, 5.74) is 0. The van der Waals surface area contributed by atoms with Gasteiger partial charge in [0.15, 0.2) is 0 Å². The molecule has 0 spiro atoms. The van der Waals surface area contributed by atoms with Gasteiger partial charge in [0.05, 0.1) is 0 Å². The van der Waals surface area contributed by atoms with Crippen LogP contribution >= 0.6 is 22.6 Å². The standard InChI is InChI=1S/C7H3F3IO/c8-7(9,10)12-6-3-1-2-5(11)4-6/h1-3H. The molecule has 0 aliphatic carbocycles. The molecule has 0 aromatic heterocycles. The molecule has 1 aromatic carbocycles. The highest BCUT2D eigenvalue weighted by molar-refractivity contribution is 14.1. The zero-order chi connectivity index (χ0) is 9.19. The van der Waals surface area contributed by atoms with Gasteiger partial charge in [-0.15, -0.1) is 13.2 Å². The first-order chi connectivity index (χ1) is 5.47. The molecule has 0 aliphatic heterocycles. The second-order valence-corrected chi connectivity index (χ2v) is 3.07. The van der Waals surface area contributed by atoms with Gasteiger partial charge in [-0.25, -0.2) is 0 Å². The second-order valence-electron chi connectivity index (χ2n) is 1.91. The molecule has 0 unspecified atom stereocenters.